The topological polar surface area (TPSA) is 262 Å². The first-order valence-electron chi connectivity index (χ1n) is 11.5. The Morgan fingerprint density at radius 1 is 1.00 bits per heavy atom. The zero-order valence-electron chi connectivity index (χ0n) is 21.1. The van der Waals surface area contributed by atoms with Crippen LogP contribution in [0.5, 0.6) is 11.5 Å². The van der Waals surface area contributed by atoms with E-state index in [0.717, 1.165) is 32.4 Å². The van der Waals surface area contributed by atoms with Crippen LogP contribution in [0.1, 0.15) is 6.92 Å². The van der Waals surface area contributed by atoms with Crippen molar-refractivity contribution in [2.24, 2.45) is 5.92 Å². The number of benzene rings is 2. The van der Waals surface area contributed by atoms with Crippen molar-refractivity contribution in [2.75, 3.05) is 19.0 Å². The molecule has 4 rings (SSSR count). The van der Waals surface area contributed by atoms with E-state index in [1.807, 2.05) is 0 Å². The maximum atomic E-state index is 14.4. The van der Waals surface area contributed by atoms with E-state index < -0.39 is 59.2 Å². The van der Waals surface area contributed by atoms with Crippen molar-refractivity contribution in [1.29, 1.82) is 0 Å². The van der Waals surface area contributed by atoms with E-state index in [9.17, 15) is 55.5 Å². The van der Waals surface area contributed by atoms with E-state index in [4.69, 9.17) is 9.47 Å². The third-order valence-electron chi connectivity index (χ3n) is 6.82. The summed E-state index contributed by atoms with van der Waals surface area (Å²) in [5, 5.41) is 105. The van der Waals surface area contributed by atoms with Gasteiger partial charge in [0, 0.05) is 15.9 Å². The van der Waals surface area contributed by atoms with Gasteiger partial charge in [0.15, 0.2) is 17.2 Å². The molecule has 1 aromatic heterocycles. The summed E-state index contributed by atoms with van der Waals surface area (Å²) in [4.78, 5) is 8.15. The molecule has 0 spiro atoms. The second-order valence-electron chi connectivity index (χ2n) is 9.49. The molecule has 0 amide bonds. The molecule has 0 radical (unpaired) electrons. The Morgan fingerprint density at radius 3 is 2.27 bits per heavy atom. The highest BCUT2D eigenvalue weighted by molar-refractivity contribution is 9.10. The second-order valence-corrected chi connectivity index (χ2v) is 10.4. The summed E-state index contributed by atoms with van der Waals surface area (Å²) >= 11 is 3.14. The number of hydrogen-bond acceptors (Lipinski definition) is 16. The molecule has 1 aliphatic rings. The molecule has 0 bridgehead atoms. The van der Waals surface area contributed by atoms with Gasteiger partial charge in [-0.3, -0.25) is 0 Å². The standard InChI is InChI=1S/C23H26BrFN4O12/c1-19(30)20(31,32)17(21(33,34)22(35,36)29(19)2)8-40-15-7-14-11(6-16(15)41-23(37,38)39)18(27-9-26-14)28-13-4-3-10(24)5-12(13)25/h3-7,9,17,30-39H,8H2,1-2H3,(H,26,27,28). The van der Waals surface area contributed by atoms with E-state index in [-0.39, 0.29) is 27.3 Å². The molecule has 11 N–H and O–H groups in total. The smallest absolute Gasteiger partial charge is 0.453 e. The Hall–Kier alpha value is -2.85. The van der Waals surface area contributed by atoms with Crippen molar-refractivity contribution in [3.63, 3.8) is 0 Å². The summed E-state index contributed by atoms with van der Waals surface area (Å²) in [7, 11) is 0.767. The van der Waals surface area contributed by atoms with Crippen molar-refractivity contribution in [3.8, 4) is 11.5 Å². The van der Waals surface area contributed by atoms with Crippen LogP contribution in [0.15, 0.2) is 41.1 Å². The fourth-order valence-corrected chi connectivity index (χ4v) is 4.60. The number of hydrogen-bond donors (Lipinski definition) is 11. The lowest BCUT2D eigenvalue weighted by atomic mass is 9.76. The number of halogens is 2. The van der Waals surface area contributed by atoms with Crippen LogP contribution in [-0.4, -0.2) is 109 Å². The molecule has 1 saturated heterocycles. The van der Waals surface area contributed by atoms with E-state index in [1.165, 1.54) is 12.1 Å². The molecule has 2 atom stereocenters. The quantitative estimate of drug-likeness (QED) is 0.122. The molecule has 1 aliphatic heterocycles. The predicted molar refractivity (Wildman–Crippen MR) is 136 cm³/mol. The van der Waals surface area contributed by atoms with Crippen LogP contribution in [0.2, 0.25) is 0 Å². The first-order chi connectivity index (χ1) is 18.7. The molecule has 0 saturated carbocycles. The zero-order chi connectivity index (χ0) is 30.8. The average Bonchev–Trinajstić information content (AvgIpc) is 2.83. The van der Waals surface area contributed by atoms with Gasteiger partial charge in [0.2, 0.25) is 11.6 Å². The zero-order valence-corrected chi connectivity index (χ0v) is 22.7. The van der Waals surface area contributed by atoms with Crippen molar-refractivity contribution < 1.29 is 64.9 Å². The number of aromatic nitrogens is 2. The fraction of sp³-hybridized carbons (Fsp3) is 0.391. The number of likely N-dealkylation sites (N-methyl/N-ethyl adjacent to an activating group) is 1. The molecule has 224 valence electrons. The van der Waals surface area contributed by atoms with E-state index in [2.05, 4.69) is 31.2 Å². The van der Waals surface area contributed by atoms with Crippen LogP contribution < -0.4 is 14.8 Å². The molecule has 3 aromatic rings. The summed E-state index contributed by atoms with van der Waals surface area (Å²) < 4.78 is 25.0. The van der Waals surface area contributed by atoms with Crippen molar-refractivity contribution in [2.45, 2.75) is 36.3 Å². The minimum absolute atomic E-state index is 0.00733. The van der Waals surface area contributed by atoms with Gasteiger partial charge in [0.05, 0.1) is 11.2 Å². The number of nitrogens with zero attached hydrogens (tertiary/aromatic N) is 3. The van der Waals surface area contributed by atoms with Gasteiger partial charge in [0.25, 0.3) is 5.91 Å². The molecule has 0 aliphatic carbocycles. The fourth-order valence-electron chi connectivity index (χ4n) is 4.27. The second kappa shape index (κ2) is 10.2. The summed E-state index contributed by atoms with van der Waals surface area (Å²) in [5.74, 6) is -15.2. The number of rotatable bonds is 7. The summed E-state index contributed by atoms with van der Waals surface area (Å²) in [6.07, 6.45) is -2.72. The Labute approximate surface area is 237 Å². The first kappa shape index (κ1) is 31.1. The maximum Gasteiger partial charge on any atom is 0.453 e. The highest BCUT2D eigenvalue weighted by Gasteiger charge is 2.75. The number of anilines is 2. The number of ether oxygens (including phenoxy) is 2. The molecule has 2 unspecified atom stereocenters. The Balaban J connectivity index is 1.76. The number of piperidine rings is 1. The van der Waals surface area contributed by atoms with Crippen LogP contribution in [0, 0.1) is 11.7 Å². The van der Waals surface area contributed by atoms with Crippen molar-refractivity contribution >= 4 is 38.3 Å². The van der Waals surface area contributed by atoms with Crippen LogP contribution in [0.4, 0.5) is 15.9 Å². The summed E-state index contributed by atoms with van der Waals surface area (Å²) in [6.45, 7) is -0.456. The number of fused-ring (bicyclic) bond motifs is 1. The number of likely N-dealkylation sites (tertiary alicyclic amines) is 1. The minimum Gasteiger partial charge on any atom is -0.489 e. The Morgan fingerprint density at radius 2 is 1.66 bits per heavy atom. The van der Waals surface area contributed by atoms with Crippen LogP contribution >= 0.6 is 15.9 Å². The van der Waals surface area contributed by atoms with E-state index in [1.54, 1.807) is 6.07 Å². The van der Waals surface area contributed by atoms with Gasteiger partial charge in [-0.15, -0.1) is 0 Å². The third-order valence-corrected chi connectivity index (χ3v) is 7.31. The van der Waals surface area contributed by atoms with Crippen LogP contribution in [0.25, 0.3) is 10.9 Å². The monoisotopic (exact) mass is 648 g/mol. The van der Waals surface area contributed by atoms with Gasteiger partial charge in [-0.2, -0.15) is 0 Å². The first-order valence-corrected chi connectivity index (χ1v) is 12.3. The summed E-state index contributed by atoms with van der Waals surface area (Å²) in [5.41, 5.74) is -2.86. The summed E-state index contributed by atoms with van der Waals surface area (Å²) in [6, 6.07) is 6.21. The molecular weight excluding hydrogens is 623 g/mol. The highest BCUT2D eigenvalue weighted by Crippen LogP contribution is 2.48. The largest absolute Gasteiger partial charge is 0.489 e. The molecule has 2 aromatic carbocycles. The SMILES string of the molecule is CN1C(C)(O)C(O)(O)C(COc2cc3ncnc(Nc4ccc(Br)cc4F)c3cc2OC(O)(O)O)C(O)(O)C1(O)O. The lowest BCUT2D eigenvalue weighted by Crippen LogP contribution is -2.85. The number of aliphatic hydroxyl groups is 10. The molecule has 18 heteroatoms. The van der Waals surface area contributed by atoms with Crippen molar-refractivity contribution in [1.82, 2.24) is 14.9 Å². The van der Waals surface area contributed by atoms with E-state index >= 15 is 0 Å². The molecule has 16 nitrogen and oxygen atoms in total. The maximum absolute atomic E-state index is 14.4. The molecule has 2 heterocycles. The third kappa shape index (κ3) is 5.41. The average molecular weight is 649 g/mol. The van der Waals surface area contributed by atoms with Gasteiger partial charge < -0.3 is 65.9 Å². The molecular formula is C23H26BrFN4O12. The lowest BCUT2D eigenvalue weighted by Gasteiger charge is -2.60. The van der Waals surface area contributed by atoms with E-state index in [0.29, 0.717) is 4.47 Å². The molecule has 41 heavy (non-hydrogen) atoms. The highest BCUT2D eigenvalue weighted by atomic mass is 79.9. The lowest BCUT2D eigenvalue weighted by molar-refractivity contribution is -0.529. The molecule has 1 fully saturated rings. The number of nitrogens with one attached hydrogen (secondary N) is 1. The van der Waals surface area contributed by atoms with Crippen LogP contribution in [0.3, 0.4) is 0 Å². The predicted octanol–water partition coefficient (Wildman–Crippen LogP) is -2.11. The minimum atomic E-state index is -3.79. The van der Waals surface area contributed by atoms with Crippen LogP contribution in [-0.2, 0) is 0 Å². The Bertz CT molecular complexity index is 1440. The van der Waals surface area contributed by atoms with Gasteiger partial charge in [-0.1, -0.05) is 15.9 Å². The van der Waals surface area contributed by atoms with Gasteiger partial charge >= 0.3 is 6.16 Å². The van der Waals surface area contributed by atoms with Gasteiger partial charge in [-0.05, 0) is 38.2 Å². The van der Waals surface area contributed by atoms with Gasteiger partial charge in [-0.25, -0.2) is 19.3 Å². The normalized spacial score (nSPS) is 23.8. The Kier molecular flexibility index (Phi) is 7.70. The van der Waals surface area contributed by atoms with Gasteiger partial charge in [0.1, 0.15) is 30.5 Å². The van der Waals surface area contributed by atoms with Crippen molar-refractivity contribution in [3.05, 3.63) is 46.9 Å².